The molecule has 1 amide bonds. The van der Waals surface area contributed by atoms with Crippen LogP contribution in [0, 0.1) is 0 Å². The molecule has 0 spiro atoms. The van der Waals surface area contributed by atoms with Crippen molar-refractivity contribution in [1.82, 2.24) is 15.0 Å². The Bertz CT molecular complexity index is 1190. The number of ether oxygens (including phenoxy) is 1. The number of primary amides is 1. The van der Waals surface area contributed by atoms with Crippen LogP contribution in [0.2, 0.25) is 0 Å². The number of aromatic nitrogens is 3. The van der Waals surface area contributed by atoms with Crippen LogP contribution in [-0.4, -0.2) is 35.0 Å². The molecule has 0 unspecified atom stereocenters. The third-order valence-electron chi connectivity index (χ3n) is 4.26. The number of nitrogens with one attached hydrogen (secondary N) is 1. The zero-order valence-electron chi connectivity index (χ0n) is 16.9. The molecule has 156 valence electrons. The molecule has 0 atom stereocenters. The van der Waals surface area contributed by atoms with Crippen molar-refractivity contribution in [2.45, 2.75) is 0 Å². The van der Waals surface area contributed by atoms with Gasteiger partial charge in [-0.05, 0) is 18.2 Å². The highest BCUT2D eigenvalue weighted by molar-refractivity contribution is 7.17. The van der Waals surface area contributed by atoms with Crippen LogP contribution < -0.4 is 20.7 Å². The van der Waals surface area contributed by atoms with Crippen LogP contribution in [0.3, 0.4) is 0 Å². The Morgan fingerprint density at radius 2 is 1.87 bits per heavy atom. The van der Waals surface area contributed by atoms with Gasteiger partial charge in [-0.25, -0.2) is 15.0 Å². The Hall–Kier alpha value is -3.98. The Labute approximate surface area is 183 Å². The first-order valence-corrected chi connectivity index (χ1v) is 10.2. The van der Waals surface area contributed by atoms with Crippen molar-refractivity contribution in [1.29, 1.82) is 0 Å². The van der Waals surface area contributed by atoms with Gasteiger partial charge in [-0.1, -0.05) is 41.7 Å². The summed E-state index contributed by atoms with van der Waals surface area (Å²) in [7, 11) is 3.89. The number of nitrogens with zero attached hydrogens (tertiary/aromatic N) is 4. The average molecular weight is 433 g/mol. The van der Waals surface area contributed by atoms with Gasteiger partial charge in [-0.15, -0.1) is 0 Å². The normalized spacial score (nSPS) is 10.5. The van der Waals surface area contributed by atoms with E-state index in [0.29, 0.717) is 28.0 Å². The van der Waals surface area contributed by atoms with E-state index in [1.165, 1.54) is 17.5 Å². The molecule has 8 nitrogen and oxygen atoms in total. The molecule has 0 aliphatic heterocycles. The lowest BCUT2D eigenvalue weighted by Crippen LogP contribution is -2.11. The van der Waals surface area contributed by atoms with E-state index in [9.17, 15) is 4.79 Å². The van der Waals surface area contributed by atoms with Crippen LogP contribution in [0.15, 0.2) is 67.0 Å². The summed E-state index contributed by atoms with van der Waals surface area (Å²) in [4.78, 5) is 26.4. The van der Waals surface area contributed by atoms with Crippen molar-refractivity contribution < 1.29 is 9.53 Å². The Morgan fingerprint density at radius 3 is 2.55 bits per heavy atom. The minimum Gasteiger partial charge on any atom is -0.444 e. The molecule has 0 radical (unpaired) electrons. The first kappa shape index (κ1) is 20.3. The molecule has 0 fully saturated rings. The highest BCUT2D eigenvalue weighted by Crippen LogP contribution is 2.41. The third-order valence-corrected chi connectivity index (χ3v) is 5.36. The van der Waals surface area contributed by atoms with Crippen LogP contribution in [-0.2, 0) is 0 Å². The van der Waals surface area contributed by atoms with Crippen molar-refractivity contribution >= 4 is 34.0 Å². The number of benzene rings is 1. The molecule has 4 aromatic rings. The fourth-order valence-corrected chi connectivity index (χ4v) is 3.61. The molecule has 31 heavy (non-hydrogen) atoms. The zero-order valence-corrected chi connectivity index (χ0v) is 17.8. The molecule has 9 heteroatoms. The third kappa shape index (κ3) is 4.78. The summed E-state index contributed by atoms with van der Waals surface area (Å²) in [5, 5.41) is 4.63. The quantitative estimate of drug-likeness (QED) is 0.448. The van der Waals surface area contributed by atoms with E-state index in [4.69, 9.17) is 15.5 Å². The summed E-state index contributed by atoms with van der Waals surface area (Å²) in [5.74, 6) is 1.17. The fourth-order valence-electron chi connectivity index (χ4n) is 2.73. The number of pyridine rings is 2. The van der Waals surface area contributed by atoms with Gasteiger partial charge < -0.3 is 20.7 Å². The van der Waals surface area contributed by atoms with Crippen LogP contribution in [0.25, 0.3) is 11.3 Å². The highest BCUT2D eigenvalue weighted by atomic mass is 32.1. The number of carbonyl (C=O) groups excluding carboxylic acids is 1. The number of carbonyl (C=O) groups is 1. The summed E-state index contributed by atoms with van der Waals surface area (Å²) in [6.45, 7) is 0. The lowest BCUT2D eigenvalue weighted by Gasteiger charge is -2.08. The number of thiazole rings is 1. The Kier molecular flexibility index (Phi) is 5.76. The molecule has 1 aromatic carbocycles. The monoisotopic (exact) mass is 432 g/mol. The van der Waals surface area contributed by atoms with Gasteiger partial charge in [0.15, 0.2) is 5.13 Å². The maximum absolute atomic E-state index is 11.2. The lowest BCUT2D eigenvalue weighted by atomic mass is 10.2. The molecule has 0 bridgehead atoms. The summed E-state index contributed by atoms with van der Waals surface area (Å²) in [6, 6.07) is 16.7. The predicted molar refractivity (Wildman–Crippen MR) is 122 cm³/mol. The number of hydrogen-bond donors (Lipinski definition) is 2. The predicted octanol–water partition coefficient (Wildman–Crippen LogP) is 4.30. The average Bonchev–Trinajstić information content (AvgIpc) is 3.19. The SMILES string of the molecule is CN(C)c1nc(-c2ccccc2)c(Oc2ccnc(Nc3ccc(C(N)=O)cn3)c2)s1. The molecule has 0 aliphatic rings. The molecule has 4 rings (SSSR count). The smallest absolute Gasteiger partial charge is 0.250 e. The van der Waals surface area contributed by atoms with Gasteiger partial charge in [0.05, 0.1) is 5.56 Å². The fraction of sp³-hybridized carbons (Fsp3) is 0.0909. The second-order valence-electron chi connectivity index (χ2n) is 6.79. The molecule has 3 N–H and O–H groups in total. The lowest BCUT2D eigenvalue weighted by molar-refractivity contribution is 0.1000. The molecular formula is C22H20N6O2S. The molecule has 0 saturated carbocycles. The molecule has 3 aromatic heterocycles. The van der Waals surface area contributed by atoms with E-state index in [1.807, 2.05) is 49.3 Å². The zero-order chi connectivity index (χ0) is 21.8. The Morgan fingerprint density at radius 1 is 1.06 bits per heavy atom. The molecular weight excluding hydrogens is 412 g/mol. The number of nitrogens with two attached hydrogens (primary N) is 1. The van der Waals surface area contributed by atoms with Crippen LogP contribution >= 0.6 is 11.3 Å². The number of amides is 1. The van der Waals surface area contributed by atoms with Gasteiger partial charge in [-0.3, -0.25) is 4.79 Å². The Balaban J connectivity index is 1.58. The standard InChI is InChI=1S/C22H20N6O2S/c1-28(2)22-27-19(14-6-4-3-5-7-14)21(31-22)30-16-10-11-24-18(12-16)26-17-9-8-15(13-25-17)20(23)29/h3-13H,1-2H3,(H2,23,29)(H,24,25,26). The van der Waals surface area contributed by atoms with Gasteiger partial charge in [0.2, 0.25) is 11.0 Å². The first-order chi connectivity index (χ1) is 15.0. The second kappa shape index (κ2) is 8.80. The van der Waals surface area contributed by atoms with Gasteiger partial charge in [0.25, 0.3) is 0 Å². The van der Waals surface area contributed by atoms with E-state index in [-0.39, 0.29) is 0 Å². The van der Waals surface area contributed by atoms with Gasteiger partial charge >= 0.3 is 0 Å². The molecule has 0 aliphatic carbocycles. The summed E-state index contributed by atoms with van der Waals surface area (Å²) >= 11 is 1.47. The van der Waals surface area contributed by atoms with Crippen molar-refractivity contribution in [3.8, 4) is 22.1 Å². The number of rotatable bonds is 7. The highest BCUT2D eigenvalue weighted by Gasteiger charge is 2.17. The van der Waals surface area contributed by atoms with Gasteiger partial charge in [0, 0.05) is 38.1 Å². The maximum Gasteiger partial charge on any atom is 0.250 e. The van der Waals surface area contributed by atoms with Crippen molar-refractivity contribution in [2.75, 3.05) is 24.3 Å². The topological polar surface area (TPSA) is 106 Å². The van der Waals surface area contributed by atoms with Crippen molar-refractivity contribution in [2.24, 2.45) is 5.73 Å². The van der Waals surface area contributed by atoms with E-state index in [1.54, 1.807) is 30.5 Å². The van der Waals surface area contributed by atoms with Crippen molar-refractivity contribution in [3.63, 3.8) is 0 Å². The largest absolute Gasteiger partial charge is 0.444 e. The van der Waals surface area contributed by atoms with Crippen LogP contribution in [0.5, 0.6) is 10.8 Å². The number of anilines is 3. The van der Waals surface area contributed by atoms with Crippen LogP contribution in [0.1, 0.15) is 10.4 Å². The minimum atomic E-state index is -0.525. The van der Waals surface area contributed by atoms with E-state index in [2.05, 4.69) is 15.3 Å². The summed E-state index contributed by atoms with van der Waals surface area (Å²) in [5.41, 5.74) is 7.35. The molecule has 3 heterocycles. The second-order valence-corrected chi connectivity index (χ2v) is 7.73. The van der Waals surface area contributed by atoms with E-state index in [0.717, 1.165) is 16.4 Å². The molecule has 0 saturated heterocycles. The summed E-state index contributed by atoms with van der Waals surface area (Å²) in [6.07, 6.45) is 3.06. The van der Waals surface area contributed by atoms with Crippen LogP contribution in [0.4, 0.5) is 16.8 Å². The number of hydrogen-bond acceptors (Lipinski definition) is 8. The van der Waals surface area contributed by atoms with E-state index < -0.39 is 5.91 Å². The minimum absolute atomic E-state index is 0.339. The van der Waals surface area contributed by atoms with Gasteiger partial charge in [0.1, 0.15) is 23.1 Å². The first-order valence-electron chi connectivity index (χ1n) is 9.40. The summed E-state index contributed by atoms with van der Waals surface area (Å²) < 4.78 is 6.19. The van der Waals surface area contributed by atoms with Crippen molar-refractivity contribution in [3.05, 3.63) is 72.6 Å². The maximum atomic E-state index is 11.2. The van der Waals surface area contributed by atoms with Gasteiger partial charge in [-0.2, -0.15) is 0 Å². The van der Waals surface area contributed by atoms with E-state index >= 15 is 0 Å².